The van der Waals surface area contributed by atoms with Crippen LogP contribution in [-0.2, 0) is 11.3 Å². The highest BCUT2D eigenvalue weighted by Gasteiger charge is 2.17. The predicted octanol–water partition coefficient (Wildman–Crippen LogP) is 13.4. The van der Waals surface area contributed by atoms with Crippen molar-refractivity contribution in [3.05, 3.63) is 29.6 Å². The Kier molecular flexibility index (Phi) is 40.3. The van der Waals surface area contributed by atoms with Crippen LogP contribution >= 0.6 is 0 Å². The van der Waals surface area contributed by atoms with E-state index in [0.717, 1.165) is 31.9 Å². The minimum atomic E-state index is -1.77. The van der Waals surface area contributed by atoms with E-state index in [1.54, 1.807) is 0 Å². The minimum Gasteiger partial charge on any atom is -0.423 e. The molecule has 0 aromatic heterocycles. The fraction of sp³-hybridized carbons (Fsp3) is 0.865. The van der Waals surface area contributed by atoms with E-state index in [2.05, 4.69) is 35.9 Å². The molecule has 0 saturated heterocycles. The van der Waals surface area contributed by atoms with Gasteiger partial charge in [-0.1, -0.05) is 207 Å². The first-order valence-electron chi connectivity index (χ1n) is 26.3. The zero-order valence-corrected chi connectivity index (χ0v) is 40.1. The molecule has 350 valence electrons. The van der Waals surface area contributed by atoms with Crippen molar-refractivity contribution < 1.29 is 19.2 Å². The molecule has 1 amide bonds. The molecule has 0 bridgehead atoms. The maximum atomic E-state index is 13.6. The van der Waals surface area contributed by atoms with Crippen LogP contribution in [0.4, 0.5) is 4.39 Å². The van der Waals surface area contributed by atoms with Gasteiger partial charge in [-0.2, -0.15) is 0 Å². The van der Waals surface area contributed by atoms with Gasteiger partial charge in [0.15, 0.2) is 0 Å². The number of unbranched alkanes of at least 4 members (excludes halogenated alkanes) is 29. The van der Waals surface area contributed by atoms with Gasteiger partial charge in [0, 0.05) is 13.0 Å². The van der Waals surface area contributed by atoms with Crippen LogP contribution in [0.2, 0.25) is 0 Å². The van der Waals surface area contributed by atoms with E-state index in [9.17, 15) is 19.2 Å². The lowest BCUT2D eigenvalue weighted by Crippen LogP contribution is -2.36. The first kappa shape index (κ1) is 56.5. The van der Waals surface area contributed by atoms with Gasteiger partial charge in [-0.05, 0) is 101 Å². The van der Waals surface area contributed by atoms with Crippen LogP contribution in [0, 0.1) is 5.82 Å². The molecule has 0 unspecified atom stereocenters. The molecule has 0 heterocycles. The van der Waals surface area contributed by atoms with Crippen LogP contribution in [0.1, 0.15) is 251 Å². The summed E-state index contributed by atoms with van der Waals surface area (Å²) in [5, 5.41) is 22.1. The molecule has 3 N–H and O–H groups in total. The third kappa shape index (κ3) is 35.0. The highest BCUT2D eigenvalue weighted by atomic mass is 19.1. The van der Waals surface area contributed by atoms with Gasteiger partial charge in [0.1, 0.15) is 5.82 Å². The Morgan fingerprint density at radius 3 is 1.15 bits per heavy atom. The summed E-state index contributed by atoms with van der Waals surface area (Å²) in [5.74, 6) is -0.578. The molecule has 0 saturated carbocycles. The Morgan fingerprint density at radius 1 is 0.483 bits per heavy atom. The molecule has 0 aliphatic carbocycles. The van der Waals surface area contributed by atoms with Crippen LogP contribution in [0.15, 0.2) is 18.2 Å². The number of rotatable bonds is 46. The molecule has 0 aliphatic heterocycles. The Bertz CT molecular complexity index is 1050. The molecule has 8 heteroatoms. The molecule has 0 fully saturated rings. The van der Waals surface area contributed by atoms with Gasteiger partial charge in [0.05, 0.1) is 0 Å². The summed E-state index contributed by atoms with van der Waals surface area (Å²) >= 11 is 0. The van der Waals surface area contributed by atoms with Crippen LogP contribution in [0.5, 0.6) is 0 Å². The second-order valence-corrected chi connectivity index (χ2v) is 18.4. The Hall–Kier alpha value is -1.48. The molecular weight excluding hydrogens is 744 g/mol. The van der Waals surface area contributed by atoms with Crippen molar-refractivity contribution in [2.45, 2.75) is 252 Å². The largest absolute Gasteiger partial charge is 0.488 e. The summed E-state index contributed by atoms with van der Waals surface area (Å²) in [6, 6.07) is 3.90. The van der Waals surface area contributed by atoms with Gasteiger partial charge < -0.3 is 25.2 Å². The summed E-state index contributed by atoms with van der Waals surface area (Å²) < 4.78 is 13.6. The van der Waals surface area contributed by atoms with Crippen LogP contribution in [0.25, 0.3) is 0 Å². The molecule has 60 heavy (non-hydrogen) atoms. The van der Waals surface area contributed by atoms with Crippen molar-refractivity contribution in [1.82, 2.24) is 15.1 Å². The maximum Gasteiger partial charge on any atom is 0.488 e. The monoisotopic (exact) mass is 844 g/mol. The van der Waals surface area contributed by atoms with Gasteiger partial charge in [0.25, 0.3) is 0 Å². The van der Waals surface area contributed by atoms with Crippen molar-refractivity contribution in [3.8, 4) is 0 Å². The molecule has 0 spiro atoms. The van der Waals surface area contributed by atoms with Crippen LogP contribution in [0.3, 0.4) is 0 Å². The van der Waals surface area contributed by atoms with E-state index in [1.807, 2.05) is 0 Å². The van der Waals surface area contributed by atoms with Crippen molar-refractivity contribution in [3.63, 3.8) is 0 Å². The van der Waals surface area contributed by atoms with Crippen molar-refractivity contribution in [1.29, 1.82) is 0 Å². The summed E-state index contributed by atoms with van der Waals surface area (Å²) in [6.07, 6.45) is 46.2. The van der Waals surface area contributed by atoms with Gasteiger partial charge in [0.2, 0.25) is 5.91 Å². The molecule has 0 aliphatic rings. The summed E-state index contributed by atoms with van der Waals surface area (Å²) in [7, 11) is -1.77. The average molecular weight is 844 g/mol. The van der Waals surface area contributed by atoms with Crippen molar-refractivity contribution in [2.24, 2.45) is 0 Å². The number of carbonyl (C=O) groups is 1. The van der Waals surface area contributed by atoms with Crippen LogP contribution < -0.4 is 10.8 Å². The third-order valence-electron chi connectivity index (χ3n) is 12.7. The first-order valence-corrected chi connectivity index (χ1v) is 26.3. The predicted molar refractivity (Wildman–Crippen MR) is 260 cm³/mol. The molecule has 1 rings (SSSR count). The Balaban J connectivity index is 2.57. The highest BCUT2D eigenvalue weighted by Crippen LogP contribution is 2.15. The molecule has 1 aromatic carbocycles. The van der Waals surface area contributed by atoms with Gasteiger partial charge >= 0.3 is 7.12 Å². The second kappa shape index (κ2) is 42.8. The Labute approximate surface area is 372 Å². The summed E-state index contributed by atoms with van der Waals surface area (Å²) in [5.41, 5.74) is 0.617. The zero-order chi connectivity index (χ0) is 43.6. The highest BCUT2D eigenvalue weighted by molar-refractivity contribution is 6.59. The average Bonchev–Trinajstić information content (AvgIpc) is 3.24. The van der Waals surface area contributed by atoms with E-state index >= 15 is 0 Å². The lowest BCUT2D eigenvalue weighted by Gasteiger charge is -2.26. The quantitative estimate of drug-likeness (QED) is 0.0450. The number of benzene rings is 1. The fourth-order valence-electron chi connectivity index (χ4n) is 8.70. The summed E-state index contributed by atoms with van der Waals surface area (Å²) in [6.45, 7) is 14.2. The minimum absolute atomic E-state index is 0.0511. The molecular formula is C52H99BFN3O3. The maximum absolute atomic E-state index is 13.6. The number of hydrogen-bond acceptors (Lipinski definition) is 5. The van der Waals surface area contributed by atoms with E-state index in [1.165, 1.54) is 244 Å². The number of nitrogens with zero attached hydrogens (tertiary/aromatic N) is 2. The van der Waals surface area contributed by atoms with Crippen molar-refractivity contribution >= 4 is 18.5 Å². The van der Waals surface area contributed by atoms with Crippen molar-refractivity contribution in [2.75, 3.05) is 39.3 Å². The van der Waals surface area contributed by atoms with Gasteiger partial charge in [-0.25, -0.2) is 4.39 Å². The van der Waals surface area contributed by atoms with Gasteiger partial charge in [-0.15, -0.1) is 0 Å². The molecule has 0 radical (unpaired) electrons. The Morgan fingerprint density at radius 2 is 0.800 bits per heavy atom. The lowest BCUT2D eigenvalue weighted by molar-refractivity contribution is -0.121. The standard InChI is InChI=1S/C52H99BFN3O3/c1-4-7-10-13-16-19-22-25-28-33-41-56(42-34-29-26-23-20-17-14-11-8-5-2)45-37-46-57(43-35-30-27-24-21-18-15-12-9-6-3)44-36-31-32-38-52(58)55-48-49-39-40-50(54)47-51(49)53(59)60/h39-40,47,59-60H,4-38,41-46,48H2,1-3H3,(H,55,58). The molecule has 6 nitrogen and oxygen atoms in total. The van der Waals surface area contributed by atoms with Gasteiger partial charge in [-0.3, -0.25) is 4.79 Å². The molecule has 1 aromatic rings. The number of carbonyl (C=O) groups excluding carboxylic acids is 1. The van der Waals surface area contributed by atoms with E-state index in [4.69, 9.17) is 0 Å². The van der Waals surface area contributed by atoms with E-state index in [-0.39, 0.29) is 17.9 Å². The smallest absolute Gasteiger partial charge is 0.423 e. The first-order chi connectivity index (χ1) is 29.4. The number of halogens is 1. The normalized spacial score (nSPS) is 11.7. The van der Waals surface area contributed by atoms with Crippen LogP contribution in [-0.4, -0.2) is 72.1 Å². The SMILES string of the molecule is CCCCCCCCCCCCN(CCCCCCCCCCCC)CCCN(CCCCCCCCCCCC)CCCCCC(=O)NCc1ccc(F)cc1B(O)O. The zero-order valence-electron chi connectivity index (χ0n) is 40.1. The number of nitrogens with one attached hydrogen (secondary N) is 1. The number of hydrogen-bond donors (Lipinski definition) is 3. The second-order valence-electron chi connectivity index (χ2n) is 18.4. The van der Waals surface area contributed by atoms with E-state index < -0.39 is 12.9 Å². The summed E-state index contributed by atoms with van der Waals surface area (Å²) in [4.78, 5) is 18.2. The van der Waals surface area contributed by atoms with E-state index in [0.29, 0.717) is 12.0 Å². The fourth-order valence-corrected chi connectivity index (χ4v) is 8.70. The lowest BCUT2D eigenvalue weighted by atomic mass is 9.77. The third-order valence-corrected chi connectivity index (χ3v) is 12.7. The topological polar surface area (TPSA) is 76.0 Å². The number of amides is 1. The molecule has 0 atom stereocenters.